The molecule has 0 saturated carbocycles. The first kappa shape index (κ1) is 15.5. The number of fused-ring (bicyclic) bond motifs is 1. The van der Waals surface area contributed by atoms with Crippen molar-refractivity contribution in [3.63, 3.8) is 0 Å². The van der Waals surface area contributed by atoms with Gasteiger partial charge in [-0.05, 0) is 26.0 Å². The average Bonchev–Trinajstić information content (AvgIpc) is 2.43. The highest BCUT2D eigenvalue weighted by Crippen LogP contribution is 2.23. The van der Waals surface area contributed by atoms with Gasteiger partial charge in [-0.3, -0.25) is 0 Å². The lowest BCUT2D eigenvalue weighted by Crippen LogP contribution is -2.38. The maximum atomic E-state index is 11.8. The van der Waals surface area contributed by atoms with Gasteiger partial charge < -0.3 is 10.6 Å². The molecular formula is C14H20N4O2S. The highest BCUT2D eigenvalue weighted by Gasteiger charge is 2.30. The molecule has 6 nitrogen and oxygen atoms in total. The van der Waals surface area contributed by atoms with Gasteiger partial charge in [-0.25, -0.2) is 13.4 Å². The Labute approximate surface area is 124 Å². The smallest absolute Gasteiger partial charge is 0.224 e. The zero-order valence-electron chi connectivity index (χ0n) is 12.6. The molecule has 1 aromatic heterocycles. The van der Waals surface area contributed by atoms with Gasteiger partial charge in [-0.1, -0.05) is 12.1 Å². The summed E-state index contributed by atoms with van der Waals surface area (Å²) in [6.07, 6.45) is 1.24. The van der Waals surface area contributed by atoms with Gasteiger partial charge in [-0.2, -0.15) is 4.98 Å². The van der Waals surface area contributed by atoms with Crippen molar-refractivity contribution in [3.05, 3.63) is 24.3 Å². The summed E-state index contributed by atoms with van der Waals surface area (Å²) < 4.78 is 22.7. The fourth-order valence-electron chi connectivity index (χ4n) is 1.75. The molecule has 0 fully saturated rings. The van der Waals surface area contributed by atoms with Gasteiger partial charge in [0, 0.05) is 25.2 Å². The number of benzene rings is 1. The summed E-state index contributed by atoms with van der Waals surface area (Å²) in [6.45, 7) is 3.66. The molecule has 0 atom stereocenters. The number of hydrogen-bond donors (Lipinski definition) is 2. The molecule has 1 heterocycles. The number of anilines is 2. The maximum absolute atomic E-state index is 11.8. The third-order valence-electron chi connectivity index (χ3n) is 3.51. The van der Waals surface area contributed by atoms with Crippen LogP contribution in [0.5, 0.6) is 0 Å². The summed E-state index contributed by atoms with van der Waals surface area (Å²) in [6, 6.07) is 7.60. The van der Waals surface area contributed by atoms with E-state index in [-0.39, 0.29) is 6.54 Å². The van der Waals surface area contributed by atoms with E-state index in [4.69, 9.17) is 0 Å². The standard InChI is InChI=1S/C14H20N4O2S/c1-14(2,21(4,19)20)9-16-12-10-7-5-6-8-11(10)17-13(15-3)18-12/h5-8H,9H2,1-4H3,(H2,15,16,17,18). The Morgan fingerprint density at radius 3 is 2.48 bits per heavy atom. The molecule has 0 aliphatic rings. The average molecular weight is 308 g/mol. The van der Waals surface area contributed by atoms with E-state index in [0.717, 1.165) is 10.9 Å². The normalized spacial score (nSPS) is 12.4. The van der Waals surface area contributed by atoms with Crippen molar-refractivity contribution in [1.82, 2.24) is 9.97 Å². The Morgan fingerprint density at radius 2 is 1.86 bits per heavy atom. The second-order valence-electron chi connectivity index (χ2n) is 5.55. The minimum absolute atomic E-state index is 0.274. The number of aromatic nitrogens is 2. The lowest BCUT2D eigenvalue weighted by atomic mass is 10.2. The fourth-order valence-corrected chi connectivity index (χ4v) is 2.09. The lowest BCUT2D eigenvalue weighted by molar-refractivity contribution is 0.559. The Balaban J connectivity index is 2.38. The molecular weight excluding hydrogens is 288 g/mol. The van der Waals surface area contributed by atoms with Crippen LogP contribution in [0.1, 0.15) is 13.8 Å². The minimum Gasteiger partial charge on any atom is -0.368 e. The molecule has 2 aromatic rings. The molecule has 0 aliphatic carbocycles. The fraction of sp³-hybridized carbons (Fsp3) is 0.429. The van der Waals surface area contributed by atoms with E-state index in [1.807, 2.05) is 24.3 Å². The van der Waals surface area contributed by atoms with Gasteiger partial charge in [0.05, 0.1) is 10.3 Å². The highest BCUT2D eigenvalue weighted by molar-refractivity contribution is 7.92. The number of sulfone groups is 1. The molecule has 1 aromatic carbocycles. The molecule has 0 bridgehead atoms. The zero-order chi connectivity index (χ0) is 15.7. The van der Waals surface area contributed by atoms with Crippen molar-refractivity contribution < 1.29 is 8.42 Å². The lowest BCUT2D eigenvalue weighted by Gasteiger charge is -2.23. The number of nitrogens with zero attached hydrogens (tertiary/aromatic N) is 2. The van der Waals surface area contributed by atoms with E-state index >= 15 is 0 Å². The van der Waals surface area contributed by atoms with Gasteiger partial charge in [0.25, 0.3) is 0 Å². The van der Waals surface area contributed by atoms with Crippen molar-refractivity contribution in [2.45, 2.75) is 18.6 Å². The van der Waals surface area contributed by atoms with Crippen LogP contribution in [0.4, 0.5) is 11.8 Å². The summed E-state index contributed by atoms with van der Waals surface area (Å²) in [5, 5.41) is 6.91. The van der Waals surface area contributed by atoms with E-state index in [0.29, 0.717) is 11.8 Å². The number of rotatable bonds is 5. The molecule has 0 radical (unpaired) electrons. The Morgan fingerprint density at radius 1 is 1.19 bits per heavy atom. The van der Waals surface area contributed by atoms with Gasteiger partial charge in [0.1, 0.15) is 5.82 Å². The molecule has 2 rings (SSSR count). The Kier molecular flexibility index (Phi) is 4.04. The summed E-state index contributed by atoms with van der Waals surface area (Å²) >= 11 is 0. The monoisotopic (exact) mass is 308 g/mol. The quantitative estimate of drug-likeness (QED) is 0.878. The third-order valence-corrected chi connectivity index (χ3v) is 5.66. The van der Waals surface area contributed by atoms with E-state index in [1.165, 1.54) is 6.26 Å². The molecule has 114 valence electrons. The van der Waals surface area contributed by atoms with Gasteiger partial charge in [-0.15, -0.1) is 0 Å². The van der Waals surface area contributed by atoms with Crippen LogP contribution < -0.4 is 10.6 Å². The second kappa shape index (κ2) is 5.48. The van der Waals surface area contributed by atoms with Crippen LogP contribution in [0.2, 0.25) is 0 Å². The molecule has 0 aliphatic heterocycles. The first-order chi connectivity index (χ1) is 9.74. The molecule has 2 N–H and O–H groups in total. The zero-order valence-corrected chi connectivity index (χ0v) is 13.5. The molecule has 0 unspecified atom stereocenters. The Bertz CT molecular complexity index is 757. The predicted molar refractivity (Wildman–Crippen MR) is 86.5 cm³/mol. The summed E-state index contributed by atoms with van der Waals surface area (Å²) in [5.74, 6) is 1.12. The van der Waals surface area contributed by atoms with Crippen LogP contribution in [0.3, 0.4) is 0 Å². The Hall–Kier alpha value is -1.89. The number of para-hydroxylation sites is 1. The first-order valence-electron chi connectivity index (χ1n) is 6.62. The maximum Gasteiger partial charge on any atom is 0.224 e. The first-order valence-corrected chi connectivity index (χ1v) is 8.52. The number of hydrogen-bond acceptors (Lipinski definition) is 6. The summed E-state index contributed by atoms with van der Waals surface area (Å²) in [7, 11) is -1.42. The highest BCUT2D eigenvalue weighted by atomic mass is 32.2. The van der Waals surface area contributed by atoms with Crippen molar-refractivity contribution >= 4 is 32.5 Å². The number of nitrogens with one attached hydrogen (secondary N) is 2. The van der Waals surface area contributed by atoms with Crippen LogP contribution >= 0.6 is 0 Å². The molecule has 7 heteroatoms. The molecule has 0 spiro atoms. The van der Waals surface area contributed by atoms with Crippen molar-refractivity contribution in [3.8, 4) is 0 Å². The van der Waals surface area contributed by atoms with Gasteiger partial charge in [0.15, 0.2) is 9.84 Å². The largest absolute Gasteiger partial charge is 0.368 e. The minimum atomic E-state index is -3.16. The van der Waals surface area contributed by atoms with Crippen LogP contribution in [0, 0.1) is 0 Å². The van der Waals surface area contributed by atoms with E-state index < -0.39 is 14.6 Å². The van der Waals surface area contributed by atoms with Crippen LogP contribution in [0.25, 0.3) is 10.9 Å². The topological polar surface area (TPSA) is 84.0 Å². The predicted octanol–water partition coefficient (Wildman–Crippen LogP) is 1.91. The van der Waals surface area contributed by atoms with Crippen LogP contribution in [-0.4, -0.2) is 43.0 Å². The van der Waals surface area contributed by atoms with Gasteiger partial charge >= 0.3 is 0 Å². The molecule has 21 heavy (non-hydrogen) atoms. The second-order valence-corrected chi connectivity index (χ2v) is 8.20. The third kappa shape index (κ3) is 3.24. The molecule has 0 amide bonds. The van der Waals surface area contributed by atoms with Crippen molar-refractivity contribution in [2.24, 2.45) is 0 Å². The van der Waals surface area contributed by atoms with Crippen LogP contribution in [-0.2, 0) is 9.84 Å². The van der Waals surface area contributed by atoms with Crippen molar-refractivity contribution in [2.75, 3.05) is 30.5 Å². The van der Waals surface area contributed by atoms with Crippen molar-refractivity contribution in [1.29, 1.82) is 0 Å². The van der Waals surface area contributed by atoms with Gasteiger partial charge in [0.2, 0.25) is 5.95 Å². The van der Waals surface area contributed by atoms with E-state index in [1.54, 1.807) is 20.9 Å². The van der Waals surface area contributed by atoms with E-state index in [2.05, 4.69) is 20.6 Å². The molecule has 0 saturated heterocycles. The summed E-state index contributed by atoms with van der Waals surface area (Å²) in [4.78, 5) is 8.74. The van der Waals surface area contributed by atoms with E-state index in [9.17, 15) is 8.42 Å². The SMILES string of the molecule is CNc1nc(NCC(C)(C)S(C)(=O)=O)c2ccccc2n1. The summed E-state index contributed by atoms with van der Waals surface area (Å²) in [5.41, 5.74) is 0.802. The van der Waals surface area contributed by atoms with Crippen LogP contribution in [0.15, 0.2) is 24.3 Å².